The minimum atomic E-state index is -0.153. The second-order valence-electron chi connectivity index (χ2n) is 8.84. The van der Waals surface area contributed by atoms with Gasteiger partial charge in [0.05, 0.1) is 6.61 Å². The van der Waals surface area contributed by atoms with Crippen LogP contribution >= 0.6 is 0 Å². The van der Waals surface area contributed by atoms with Crippen molar-refractivity contribution in [2.75, 3.05) is 26.2 Å². The fraction of sp³-hybridized carbons (Fsp3) is 0.962. The minimum Gasteiger partial charge on any atom is -0.466 e. The van der Waals surface area contributed by atoms with Gasteiger partial charge in [-0.15, -0.1) is 0 Å². The van der Waals surface area contributed by atoms with Crippen LogP contribution in [0, 0.1) is 0 Å². The number of rotatable bonds is 23. The molecule has 3 heteroatoms. The maximum absolute atomic E-state index is 10.9. The molecule has 29 heavy (non-hydrogen) atoms. The predicted molar refractivity (Wildman–Crippen MR) is 128 cm³/mol. The molecule has 3 nitrogen and oxygen atoms in total. The molecule has 0 aliphatic heterocycles. The van der Waals surface area contributed by atoms with E-state index in [1.807, 2.05) is 0 Å². The van der Waals surface area contributed by atoms with Crippen molar-refractivity contribution in [1.29, 1.82) is 0 Å². The van der Waals surface area contributed by atoms with Crippen molar-refractivity contribution in [3.63, 3.8) is 0 Å². The predicted octanol–water partition coefficient (Wildman–Crippen LogP) is 7.91. The van der Waals surface area contributed by atoms with Gasteiger partial charge in [-0.05, 0) is 45.3 Å². The van der Waals surface area contributed by atoms with Crippen molar-refractivity contribution in [3.05, 3.63) is 0 Å². The molecule has 0 aliphatic rings. The van der Waals surface area contributed by atoms with Gasteiger partial charge >= 0.3 is 5.97 Å². The van der Waals surface area contributed by atoms with E-state index in [-0.39, 0.29) is 5.97 Å². The Kier molecular flexibility index (Phi) is 23.2. The Bertz CT molecular complexity index is 313. The molecule has 0 aromatic rings. The van der Waals surface area contributed by atoms with Crippen molar-refractivity contribution < 1.29 is 9.53 Å². The van der Waals surface area contributed by atoms with Crippen LogP contribution in [-0.4, -0.2) is 37.1 Å². The molecule has 0 amide bonds. The van der Waals surface area contributed by atoms with Crippen LogP contribution in [0.25, 0.3) is 0 Å². The van der Waals surface area contributed by atoms with Gasteiger partial charge < -0.3 is 9.64 Å². The highest BCUT2D eigenvalue weighted by Crippen LogP contribution is 2.11. The summed E-state index contributed by atoms with van der Waals surface area (Å²) in [5, 5.41) is 0. The van der Waals surface area contributed by atoms with E-state index >= 15 is 0 Å². The average molecular weight is 412 g/mol. The zero-order valence-corrected chi connectivity index (χ0v) is 20.3. The number of unbranched alkanes of at least 4 members (excludes halogenated alkanes) is 15. The highest BCUT2D eigenvalue weighted by Gasteiger charge is 2.05. The molecule has 0 aliphatic carbocycles. The van der Waals surface area contributed by atoms with Gasteiger partial charge in [0, 0.05) is 6.92 Å². The van der Waals surface area contributed by atoms with Gasteiger partial charge in [-0.25, -0.2) is 0 Å². The van der Waals surface area contributed by atoms with Crippen LogP contribution in [-0.2, 0) is 9.53 Å². The topological polar surface area (TPSA) is 29.5 Å². The Morgan fingerprint density at radius 3 is 1.28 bits per heavy atom. The molecule has 0 atom stereocenters. The van der Waals surface area contributed by atoms with E-state index in [1.54, 1.807) is 0 Å². The zero-order valence-electron chi connectivity index (χ0n) is 20.3. The van der Waals surface area contributed by atoms with Crippen LogP contribution in [0.2, 0.25) is 0 Å². The zero-order chi connectivity index (χ0) is 21.4. The number of ether oxygens (including phenoxy) is 1. The Morgan fingerprint density at radius 2 is 0.897 bits per heavy atom. The van der Waals surface area contributed by atoms with Gasteiger partial charge in [0.25, 0.3) is 0 Å². The van der Waals surface area contributed by atoms with E-state index in [1.165, 1.54) is 123 Å². The first-order valence-corrected chi connectivity index (χ1v) is 13.1. The summed E-state index contributed by atoms with van der Waals surface area (Å²) in [6.07, 6.45) is 24.4. The van der Waals surface area contributed by atoms with Crippen LogP contribution in [0.15, 0.2) is 0 Å². The molecule has 0 saturated carbocycles. The number of carbonyl (C=O) groups excluding carboxylic acids is 1. The molecule has 0 saturated heterocycles. The van der Waals surface area contributed by atoms with E-state index in [9.17, 15) is 4.79 Å². The molecule has 174 valence electrons. The molecule has 0 unspecified atom stereocenters. The van der Waals surface area contributed by atoms with E-state index in [0.717, 1.165) is 19.4 Å². The Hall–Kier alpha value is -0.570. The maximum Gasteiger partial charge on any atom is 0.302 e. The van der Waals surface area contributed by atoms with E-state index < -0.39 is 0 Å². The fourth-order valence-electron chi connectivity index (χ4n) is 3.93. The molecule has 0 radical (unpaired) electrons. The van der Waals surface area contributed by atoms with E-state index in [2.05, 4.69) is 18.7 Å². The highest BCUT2D eigenvalue weighted by molar-refractivity contribution is 5.65. The lowest BCUT2D eigenvalue weighted by molar-refractivity contribution is -0.141. The third kappa shape index (κ3) is 23.6. The minimum absolute atomic E-state index is 0.153. The van der Waals surface area contributed by atoms with E-state index in [0.29, 0.717) is 6.61 Å². The lowest BCUT2D eigenvalue weighted by Crippen LogP contribution is -2.27. The molecule has 0 fully saturated rings. The third-order valence-electron chi connectivity index (χ3n) is 5.83. The monoisotopic (exact) mass is 411 g/mol. The van der Waals surface area contributed by atoms with Crippen molar-refractivity contribution in [1.82, 2.24) is 4.90 Å². The number of hydrogen-bond acceptors (Lipinski definition) is 3. The molecule has 0 aromatic heterocycles. The molecule has 0 heterocycles. The molecule has 0 rings (SSSR count). The van der Waals surface area contributed by atoms with Crippen LogP contribution in [0.5, 0.6) is 0 Å². The third-order valence-corrected chi connectivity index (χ3v) is 5.83. The second-order valence-corrected chi connectivity index (χ2v) is 8.84. The molecule has 0 N–H and O–H groups in total. The Morgan fingerprint density at radius 1 is 0.552 bits per heavy atom. The summed E-state index contributed by atoms with van der Waals surface area (Å²) in [6, 6.07) is 0. The van der Waals surface area contributed by atoms with Gasteiger partial charge in [-0.2, -0.15) is 0 Å². The average Bonchev–Trinajstić information content (AvgIpc) is 2.70. The van der Waals surface area contributed by atoms with Crippen molar-refractivity contribution in [3.8, 4) is 0 Å². The highest BCUT2D eigenvalue weighted by atomic mass is 16.5. The first-order valence-electron chi connectivity index (χ1n) is 13.1. The SMILES string of the molecule is CCCCCCCCCCN(CCCCCCCCCC)CCCCOC(C)=O. The number of hydrogen-bond donors (Lipinski definition) is 0. The normalized spacial score (nSPS) is 11.3. The quantitative estimate of drug-likeness (QED) is 0.126. The Balaban J connectivity index is 3.83. The van der Waals surface area contributed by atoms with Crippen LogP contribution in [0.3, 0.4) is 0 Å². The summed E-state index contributed by atoms with van der Waals surface area (Å²) in [6.45, 7) is 10.3. The number of carbonyl (C=O) groups is 1. The first kappa shape index (κ1) is 28.4. The number of nitrogens with zero attached hydrogens (tertiary/aromatic N) is 1. The van der Waals surface area contributed by atoms with Crippen LogP contribution in [0.4, 0.5) is 0 Å². The summed E-state index contributed by atoms with van der Waals surface area (Å²) in [5.74, 6) is -0.153. The smallest absolute Gasteiger partial charge is 0.302 e. The molecule has 0 spiro atoms. The van der Waals surface area contributed by atoms with Gasteiger partial charge in [-0.3, -0.25) is 4.79 Å². The largest absolute Gasteiger partial charge is 0.466 e. The van der Waals surface area contributed by atoms with Gasteiger partial charge in [-0.1, -0.05) is 104 Å². The summed E-state index contributed by atoms with van der Waals surface area (Å²) >= 11 is 0. The summed E-state index contributed by atoms with van der Waals surface area (Å²) in [7, 11) is 0. The van der Waals surface area contributed by atoms with Gasteiger partial charge in [0.2, 0.25) is 0 Å². The summed E-state index contributed by atoms with van der Waals surface area (Å²) in [4.78, 5) is 13.5. The van der Waals surface area contributed by atoms with E-state index in [4.69, 9.17) is 4.74 Å². The van der Waals surface area contributed by atoms with Crippen molar-refractivity contribution >= 4 is 5.97 Å². The van der Waals surface area contributed by atoms with Crippen molar-refractivity contribution in [2.24, 2.45) is 0 Å². The molecular weight excluding hydrogens is 358 g/mol. The molecule has 0 bridgehead atoms. The van der Waals surface area contributed by atoms with Crippen LogP contribution < -0.4 is 0 Å². The molecule has 0 aromatic carbocycles. The first-order chi connectivity index (χ1) is 14.2. The second kappa shape index (κ2) is 23.7. The van der Waals surface area contributed by atoms with Crippen LogP contribution in [0.1, 0.15) is 136 Å². The maximum atomic E-state index is 10.9. The summed E-state index contributed by atoms with van der Waals surface area (Å²) in [5.41, 5.74) is 0. The fourth-order valence-corrected chi connectivity index (χ4v) is 3.93. The lowest BCUT2D eigenvalue weighted by atomic mass is 10.1. The number of esters is 1. The Labute approximate surface area is 183 Å². The van der Waals surface area contributed by atoms with Crippen molar-refractivity contribution in [2.45, 2.75) is 136 Å². The van der Waals surface area contributed by atoms with Gasteiger partial charge in [0.15, 0.2) is 0 Å². The summed E-state index contributed by atoms with van der Waals surface area (Å²) < 4.78 is 5.07. The standard InChI is InChI=1S/C26H53NO2/c1-4-6-8-10-12-14-16-18-22-27(24-20-21-25-29-26(3)28)23-19-17-15-13-11-9-7-5-2/h4-25H2,1-3H3. The molecular formula is C26H53NO2. The van der Waals surface area contributed by atoms with Gasteiger partial charge in [0.1, 0.15) is 0 Å². The lowest BCUT2D eigenvalue weighted by Gasteiger charge is -2.22.